The van der Waals surface area contributed by atoms with E-state index in [2.05, 4.69) is 208 Å². The molecule has 0 aromatic heterocycles. The second-order valence-corrected chi connectivity index (χ2v) is 14.2. The van der Waals surface area contributed by atoms with Crippen molar-refractivity contribution in [3.05, 3.63) is 228 Å². The van der Waals surface area contributed by atoms with Crippen molar-refractivity contribution in [3.63, 3.8) is 0 Å². The average molecular weight is 680 g/mol. The van der Waals surface area contributed by atoms with Crippen molar-refractivity contribution < 1.29 is 0 Å². The highest BCUT2D eigenvalue weighted by atomic mass is 15.1. The van der Waals surface area contributed by atoms with Gasteiger partial charge in [-0.2, -0.15) is 0 Å². The third-order valence-corrected chi connectivity index (χ3v) is 11.2. The number of rotatable bonds is 7. The quantitative estimate of drug-likeness (QED) is 0.152. The number of hydrogen-bond donors (Lipinski definition) is 0. The summed E-state index contributed by atoms with van der Waals surface area (Å²) in [6.07, 6.45) is 8.18. The Morgan fingerprint density at radius 2 is 1.02 bits per heavy atom. The summed E-state index contributed by atoms with van der Waals surface area (Å²) in [7, 11) is 0. The van der Waals surface area contributed by atoms with Gasteiger partial charge in [0, 0.05) is 17.1 Å². The molecule has 0 fully saturated rings. The molecule has 0 saturated carbocycles. The standard InChI is InChI=1S/C52H41N/c1-5-16-37(17-6-2)38-19-15-20-39(32-38)53(40-29-28-36(4)47(33-40)42-21-8-7-18-35(42)3)41-30-31-46-45-24-11-14-27-50(45)52(51(46)34-41)48-25-12-9-22-43(48)44-23-10-13-26-49(44)52/h5-34H,1H2,2-4H3/b17-6-,37-16+. The first-order valence-corrected chi connectivity index (χ1v) is 18.5. The second kappa shape index (κ2) is 13.0. The Bertz CT molecular complexity index is 2570. The Balaban J connectivity index is 1.32. The number of benzene rings is 7. The molecule has 0 bridgehead atoms. The van der Waals surface area contributed by atoms with Gasteiger partial charge in [0.1, 0.15) is 0 Å². The summed E-state index contributed by atoms with van der Waals surface area (Å²) in [5.74, 6) is 0. The van der Waals surface area contributed by atoms with Crippen LogP contribution in [0.3, 0.4) is 0 Å². The predicted molar refractivity (Wildman–Crippen MR) is 225 cm³/mol. The Morgan fingerprint density at radius 1 is 0.491 bits per heavy atom. The smallest absolute Gasteiger partial charge is 0.0726 e. The first kappa shape index (κ1) is 32.5. The van der Waals surface area contributed by atoms with Gasteiger partial charge in [-0.1, -0.05) is 152 Å². The normalized spacial score (nSPS) is 13.5. The average Bonchev–Trinajstić information content (AvgIpc) is 3.66. The Hall–Kier alpha value is -6.44. The molecule has 0 heterocycles. The van der Waals surface area contributed by atoms with Gasteiger partial charge in [0.15, 0.2) is 0 Å². The third kappa shape index (κ3) is 4.99. The minimum atomic E-state index is -0.423. The fourth-order valence-electron chi connectivity index (χ4n) is 8.96. The van der Waals surface area contributed by atoms with Crippen molar-refractivity contribution in [1.82, 2.24) is 0 Å². The SMILES string of the molecule is C=C/C=C(\C=C/C)c1cccc(N(c2ccc(C)c(-c3ccccc3C)c2)c2ccc3c(c2)C2(c4ccccc4-c4ccccc42)c2ccccc2-3)c1. The van der Waals surface area contributed by atoms with Gasteiger partial charge in [-0.3, -0.25) is 0 Å². The van der Waals surface area contributed by atoms with Crippen LogP contribution in [0.15, 0.2) is 189 Å². The minimum Gasteiger partial charge on any atom is -0.310 e. The van der Waals surface area contributed by atoms with Crippen molar-refractivity contribution >= 4 is 22.6 Å². The van der Waals surface area contributed by atoms with E-state index in [9.17, 15) is 0 Å². The van der Waals surface area contributed by atoms with Gasteiger partial charge in [-0.05, 0) is 135 Å². The molecule has 7 aromatic carbocycles. The highest BCUT2D eigenvalue weighted by molar-refractivity contribution is 5.96. The lowest BCUT2D eigenvalue weighted by molar-refractivity contribution is 0.793. The van der Waals surface area contributed by atoms with E-state index in [-0.39, 0.29) is 0 Å². The van der Waals surface area contributed by atoms with Crippen molar-refractivity contribution in [2.75, 3.05) is 4.90 Å². The van der Waals surface area contributed by atoms with Crippen LogP contribution >= 0.6 is 0 Å². The summed E-state index contributed by atoms with van der Waals surface area (Å²) in [6.45, 7) is 10.5. The number of hydrogen-bond acceptors (Lipinski definition) is 1. The molecule has 0 aliphatic heterocycles. The first-order valence-electron chi connectivity index (χ1n) is 18.5. The van der Waals surface area contributed by atoms with Crippen LogP contribution in [-0.2, 0) is 5.41 Å². The van der Waals surface area contributed by atoms with Crippen molar-refractivity contribution in [2.45, 2.75) is 26.2 Å². The van der Waals surface area contributed by atoms with Crippen LogP contribution in [-0.4, -0.2) is 0 Å². The lowest BCUT2D eigenvalue weighted by Gasteiger charge is -2.32. The third-order valence-electron chi connectivity index (χ3n) is 11.2. The molecule has 0 N–H and O–H groups in total. The van der Waals surface area contributed by atoms with Gasteiger partial charge < -0.3 is 4.90 Å². The molecule has 7 aromatic rings. The van der Waals surface area contributed by atoms with E-state index in [1.165, 1.54) is 66.8 Å². The predicted octanol–water partition coefficient (Wildman–Crippen LogP) is 13.9. The van der Waals surface area contributed by atoms with Crippen LogP contribution in [0.5, 0.6) is 0 Å². The lowest BCUT2D eigenvalue weighted by atomic mass is 9.70. The molecule has 2 aliphatic carbocycles. The zero-order chi connectivity index (χ0) is 36.1. The summed E-state index contributed by atoms with van der Waals surface area (Å²) < 4.78 is 0. The minimum absolute atomic E-state index is 0.423. The van der Waals surface area contributed by atoms with Crippen LogP contribution in [0.25, 0.3) is 39.0 Å². The van der Waals surface area contributed by atoms with Gasteiger partial charge in [0.05, 0.1) is 5.41 Å². The topological polar surface area (TPSA) is 3.24 Å². The maximum atomic E-state index is 4.01. The van der Waals surface area contributed by atoms with E-state index < -0.39 is 5.41 Å². The highest BCUT2D eigenvalue weighted by Gasteiger charge is 2.51. The molecule has 1 nitrogen and oxygen atoms in total. The van der Waals surface area contributed by atoms with Crippen LogP contribution in [0.2, 0.25) is 0 Å². The van der Waals surface area contributed by atoms with Crippen LogP contribution in [0.4, 0.5) is 17.1 Å². The summed E-state index contributed by atoms with van der Waals surface area (Å²) in [5, 5.41) is 0. The molecule has 0 atom stereocenters. The van der Waals surface area contributed by atoms with Crippen molar-refractivity contribution in [3.8, 4) is 33.4 Å². The molecule has 0 saturated heterocycles. The molecule has 9 rings (SSSR count). The van der Waals surface area contributed by atoms with Crippen LogP contribution < -0.4 is 4.90 Å². The molecule has 53 heavy (non-hydrogen) atoms. The van der Waals surface area contributed by atoms with Gasteiger partial charge >= 0.3 is 0 Å². The number of anilines is 3. The van der Waals surface area contributed by atoms with Gasteiger partial charge in [0.2, 0.25) is 0 Å². The molecule has 1 spiro atoms. The van der Waals surface area contributed by atoms with E-state index in [4.69, 9.17) is 0 Å². The Labute approximate surface area is 313 Å². The first-order chi connectivity index (χ1) is 26.0. The summed E-state index contributed by atoms with van der Waals surface area (Å²) in [6, 6.07) is 58.7. The number of allylic oxidation sites excluding steroid dienone is 5. The van der Waals surface area contributed by atoms with Crippen molar-refractivity contribution in [1.29, 1.82) is 0 Å². The molecule has 1 heteroatoms. The van der Waals surface area contributed by atoms with Crippen LogP contribution in [0.1, 0.15) is 45.9 Å². The van der Waals surface area contributed by atoms with E-state index in [0.717, 1.165) is 28.2 Å². The summed E-state index contributed by atoms with van der Waals surface area (Å²) >= 11 is 0. The van der Waals surface area contributed by atoms with Crippen LogP contribution in [0, 0.1) is 13.8 Å². The molecular weight excluding hydrogens is 639 g/mol. The second-order valence-electron chi connectivity index (χ2n) is 14.2. The number of nitrogens with zero attached hydrogens (tertiary/aromatic N) is 1. The zero-order valence-electron chi connectivity index (χ0n) is 30.5. The highest BCUT2D eigenvalue weighted by Crippen LogP contribution is 2.63. The van der Waals surface area contributed by atoms with E-state index >= 15 is 0 Å². The monoisotopic (exact) mass is 679 g/mol. The largest absolute Gasteiger partial charge is 0.310 e. The fourth-order valence-corrected chi connectivity index (χ4v) is 8.96. The molecule has 0 unspecified atom stereocenters. The number of aryl methyl sites for hydroxylation is 2. The molecular formula is C52H41N. The Morgan fingerprint density at radius 3 is 1.64 bits per heavy atom. The molecule has 0 radical (unpaired) electrons. The van der Waals surface area contributed by atoms with Gasteiger partial charge in [-0.25, -0.2) is 0 Å². The number of fused-ring (bicyclic) bond motifs is 10. The van der Waals surface area contributed by atoms with E-state index in [1.807, 2.05) is 6.08 Å². The van der Waals surface area contributed by atoms with Gasteiger partial charge in [-0.15, -0.1) is 0 Å². The maximum absolute atomic E-state index is 4.01. The molecule has 2 aliphatic rings. The van der Waals surface area contributed by atoms with E-state index in [0.29, 0.717) is 0 Å². The molecule has 254 valence electrons. The lowest BCUT2D eigenvalue weighted by Crippen LogP contribution is -2.26. The Kier molecular flexibility index (Phi) is 7.94. The molecule has 0 amide bonds. The fraction of sp³-hybridized carbons (Fsp3) is 0.0769. The van der Waals surface area contributed by atoms with Gasteiger partial charge in [0.25, 0.3) is 0 Å². The van der Waals surface area contributed by atoms with Crippen molar-refractivity contribution in [2.24, 2.45) is 0 Å². The summed E-state index contributed by atoms with van der Waals surface area (Å²) in [5.41, 5.74) is 20.8. The maximum Gasteiger partial charge on any atom is 0.0726 e. The summed E-state index contributed by atoms with van der Waals surface area (Å²) in [4.78, 5) is 2.44. The van der Waals surface area contributed by atoms with E-state index in [1.54, 1.807) is 0 Å². The zero-order valence-corrected chi connectivity index (χ0v) is 30.5.